The second-order valence-corrected chi connectivity index (χ2v) is 4.93. The quantitative estimate of drug-likeness (QED) is 0.522. The lowest BCUT2D eigenvalue weighted by Gasteiger charge is -2.24. The molecule has 10 heteroatoms. The van der Waals surface area contributed by atoms with Crippen LogP contribution >= 0.6 is 0 Å². The zero-order valence-electron chi connectivity index (χ0n) is 11.9. The monoisotopic (exact) mass is 327 g/mol. The Hall–Kier alpha value is -3.87. The highest BCUT2D eigenvalue weighted by molar-refractivity contribution is 5.54. The number of nitro groups is 1. The molecule has 2 heterocycles. The summed E-state index contributed by atoms with van der Waals surface area (Å²) < 4.78 is 5.15. The molecule has 120 valence electrons. The summed E-state index contributed by atoms with van der Waals surface area (Å²) in [6.07, 6.45) is 0. The van der Waals surface area contributed by atoms with E-state index in [0.29, 0.717) is 5.56 Å². The lowest BCUT2D eigenvalue weighted by molar-refractivity contribution is -0.384. The van der Waals surface area contributed by atoms with Crippen LogP contribution in [0.3, 0.4) is 0 Å². The first-order valence-electron chi connectivity index (χ1n) is 6.60. The zero-order valence-corrected chi connectivity index (χ0v) is 11.9. The first-order chi connectivity index (χ1) is 11.4. The van der Waals surface area contributed by atoms with Crippen molar-refractivity contribution < 1.29 is 9.66 Å². The number of allylic oxidation sites excluding steroid dienone is 1. The molecule has 0 aliphatic carbocycles. The highest BCUT2D eigenvalue weighted by atomic mass is 16.6. The summed E-state index contributed by atoms with van der Waals surface area (Å²) in [7, 11) is 0. The molecule has 0 fully saturated rings. The molecule has 0 saturated heterocycles. The highest BCUT2D eigenvalue weighted by Crippen LogP contribution is 2.39. The fraction of sp³-hybridized carbons (Fsp3) is 0.0714. The molecule has 3 rings (SSSR count). The van der Waals surface area contributed by atoms with Gasteiger partial charge in [0.15, 0.2) is 0 Å². The predicted molar refractivity (Wildman–Crippen MR) is 80.1 cm³/mol. The van der Waals surface area contributed by atoms with Gasteiger partial charge in [-0.3, -0.25) is 24.9 Å². The molecule has 1 aliphatic heterocycles. The lowest BCUT2D eigenvalue weighted by atomic mass is 9.85. The Labute approximate surface area is 133 Å². The molecular weight excluding hydrogens is 318 g/mol. The van der Waals surface area contributed by atoms with E-state index >= 15 is 0 Å². The van der Waals surface area contributed by atoms with Gasteiger partial charge in [0.05, 0.1) is 16.4 Å². The molecule has 0 radical (unpaired) electrons. The molecule has 4 N–H and O–H groups in total. The number of aromatic nitrogens is 2. The van der Waals surface area contributed by atoms with Crippen LogP contribution in [0.15, 0.2) is 45.3 Å². The van der Waals surface area contributed by atoms with Gasteiger partial charge >= 0.3 is 5.69 Å². The summed E-state index contributed by atoms with van der Waals surface area (Å²) >= 11 is 0. The fourth-order valence-corrected chi connectivity index (χ4v) is 2.54. The van der Waals surface area contributed by atoms with E-state index in [1.165, 1.54) is 24.3 Å². The second-order valence-electron chi connectivity index (χ2n) is 4.93. The van der Waals surface area contributed by atoms with Crippen molar-refractivity contribution in [2.45, 2.75) is 5.92 Å². The van der Waals surface area contributed by atoms with E-state index < -0.39 is 22.1 Å². The molecule has 0 amide bonds. The Balaban J connectivity index is 2.32. The molecule has 0 saturated carbocycles. The maximum Gasteiger partial charge on any atom is 0.328 e. The van der Waals surface area contributed by atoms with Gasteiger partial charge in [-0.1, -0.05) is 12.1 Å². The van der Waals surface area contributed by atoms with Crippen LogP contribution in [0.4, 0.5) is 5.69 Å². The Morgan fingerprint density at radius 2 is 2.08 bits per heavy atom. The van der Waals surface area contributed by atoms with E-state index in [1.807, 2.05) is 11.1 Å². The van der Waals surface area contributed by atoms with E-state index in [9.17, 15) is 25.0 Å². The van der Waals surface area contributed by atoms with Crippen LogP contribution in [0.1, 0.15) is 17.0 Å². The molecule has 0 unspecified atom stereocenters. The SMILES string of the molecule is N#CC1=C(N)Oc2[nH]c(=O)[nH]c(=O)c2[C@H]1c1cccc([N+](=O)[O-])c1. The molecule has 1 aliphatic rings. The van der Waals surface area contributed by atoms with Crippen LogP contribution in [-0.2, 0) is 0 Å². The number of nitriles is 1. The molecule has 0 spiro atoms. The third-order valence-corrected chi connectivity index (χ3v) is 3.53. The van der Waals surface area contributed by atoms with Crippen LogP contribution in [0.2, 0.25) is 0 Å². The van der Waals surface area contributed by atoms with Crippen LogP contribution in [0, 0.1) is 21.4 Å². The van der Waals surface area contributed by atoms with Gasteiger partial charge in [-0.2, -0.15) is 5.26 Å². The van der Waals surface area contributed by atoms with Crippen LogP contribution in [-0.4, -0.2) is 14.9 Å². The number of aromatic amines is 2. The number of nitro benzene ring substituents is 1. The molecule has 2 aromatic rings. The van der Waals surface area contributed by atoms with Crippen molar-refractivity contribution in [3.63, 3.8) is 0 Å². The fourth-order valence-electron chi connectivity index (χ4n) is 2.54. The number of fused-ring (bicyclic) bond motifs is 1. The van der Waals surface area contributed by atoms with E-state index in [4.69, 9.17) is 10.5 Å². The summed E-state index contributed by atoms with van der Waals surface area (Å²) in [6.45, 7) is 0. The van der Waals surface area contributed by atoms with Crippen molar-refractivity contribution in [3.8, 4) is 11.9 Å². The number of ether oxygens (including phenoxy) is 1. The first kappa shape index (κ1) is 15.0. The van der Waals surface area contributed by atoms with Crippen LogP contribution in [0.5, 0.6) is 5.88 Å². The van der Waals surface area contributed by atoms with Gasteiger partial charge in [0.25, 0.3) is 11.2 Å². The third kappa shape index (κ3) is 2.30. The minimum atomic E-state index is -1.00. The number of benzene rings is 1. The van der Waals surface area contributed by atoms with E-state index in [2.05, 4.69) is 4.98 Å². The Kier molecular flexibility index (Phi) is 3.38. The van der Waals surface area contributed by atoms with Crippen molar-refractivity contribution in [1.82, 2.24) is 9.97 Å². The summed E-state index contributed by atoms with van der Waals surface area (Å²) in [4.78, 5) is 38.3. The largest absolute Gasteiger partial charge is 0.424 e. The minimum absolute atomic E-state index is 0.0548. The molecule has 1 atom stereocenters. The van der Waals surface area contributed by atoms with E-state index in [-0.39, 0.29) is 28.6 Å². The topological polar surface area (TPSA) is 168 Å². The van der Waals surface area contributed by atoms with Gasteiger partial charge < -0.3 is 10.5 Å². The number of hydrogen-bond acceptors (Lipinski definition) is 7. The average molecular weight is 327 g/mol. The number of nitrogens with zero attached hydrogens (tertiary/aromatic N) is 2. The Morgan fingerprint density at radius 1 is 1.33 bits per heavy atom. The first-order valence-corrected chi connectivity index (χ1v) is 6.60. The lowest BCUT2D eigenvalue weighted by Crippen LogP contribution is -2.33. The molecule has 24 heavy (non-hydrogen) atoms. The Morgan fingerprint density at radius 3 is 2.75 bits per heavy atom. The number of hydrogen-bond donors (Lipinski definition) is 3. The maximum absolute atomic E-state index is 12.2. The number of nitrogens with two attached hydrogens (primary N) is 1. The van der Waals surface area contributed by atoms with Gasteiger partial charge in [0.2, 0.25) is 11.8 Å². The number of non-ortho nitro benzene ring substituents is 1. The summed E-state index contributed by atoms with van der Waals surface area (Å²) in [5, 5.41) is 20.3. The predicted octanol–water partition coefficient (Wildman–Crippen LogP) is 0.190. The van der Waals surface area contributed by atoms with E-state index in [0.717, 1.165) is 0 Å². The zero-order chi connectivity index (χ0) is 17.4. The molecule has 1 aromatic carbocycles. The van der Waals surface area contributed by atoms with Crippen molar-refractivity contribution in [1.29, 1.82) is 5.26 Å². The number of nitrogens with one attached hydrogen (secondary N) is 2. The van der Waals surface area contributed by atoms with Crippen molar-refractivity contribution >= 4 is 5.69 Å². The van der Waals surface area contributed by atoms with Crippen LogP contribution in [0.25, 0.3) is 0 Å². The van der Waals surface area contributed by atoms with Gasteiger partial charge in [0.1, 0.15) is 11.6 Å². The molecule has 0 bridgehead atoms. The highest BCUT2D eigenvalue weighted by Gasteiger charge is 2.34. The van der Waals surface area contributed by atoms with Crippen LogP contribution < -0.4 is 21.7 Å². The van der Waals surface area contributed by atoms with Crippen molar-refractivity contribution in [2.24, 2.45) is 5.73 Å². The molecule has 1 aromatic heterocycles. The summed E-state index contributed by atoms with van der Waals surface area (Å²) in [5.74, 6) is -1.49. The standard InChI is InChI=1S/C14H9N5O5/c15-5-8-9(6-2-1-3-7(4-6)19(22)23)10-12(20)17-14(21)18-13(10)24-11(8)16/h1-4,9H,16H2,(H2,17,18,20,21)/t9-/m0/s1. The molecular formula is C14H9N5O5. The number of H-pyrrole nitrogens is 2. The smallest absolute Gasteiger partial charge is 0.328 e. The van der Waals surface area contributed by atoms with Crippen molar-refractivity contribution in [2.75, 3.05) is 0 Å². The van der Waals surface area contributed by atoms with E-state index in [1.54, 1.807) is 0 Å². The minimum Gasteiger partial charge on any atom is -0.424 e. The average Bonchev–Trinajstić information content (AvgIpc) is 2.53. The second kappa shape index (κ2) is 5.40. The maximum atomic E-state index is 12.2. The summed E-state index contributed by atoms with van der Waals surface area (Å²) in [6, 6.07) is 7.30. The molecule has 10 nitrogen and oxygen atoms in total. The number of rotatable bonds is 2. The van der Waals surface area contributed by atoms with Gasteiger partial charge in [-0.05, 0) is 5.56 Å². The summed E-state index contributed by atoms with van der Waals surface area (Å²) in [5.41, 5.74) is 4.07. The third-order valence-electron chi connectivity index (χ3n) is 3.53. The normalized spacial score (nSPS) is 16.0. The van der Waals surface area contributed by atoms with Gasteiger partial charge in [-0.25, -0.2) is 4.79 Å². The van der Waals surface area contributed by atoms with Crippen molar-refractivity contribution in [3.05, 3.63) is 77.8 Å². The Bertz CT molecular complexity index is 1040. The van der Waals surface area contributed by atoms with Gasteiger partial charge in [-0.15, -0.1) is 0 Å². The van der Waals surface area contributed by atoms with Gasteiger partial charge in [0, 0.05) is 12.1 Å².